The van der Waals surface area contributed by atoms with Crippen LogP contribution in [0, 0.1) is 0 Å². The highest BCUT2D eigenvalue weighted by molar-refractivity contribution is 6.51. The number of amides is 1. The number of anilines is 1. The number of carbonyl (C=O) groups excluding carboxylic acids is 2. The van der Waals surface area contributed by atoms with Crippen LogP contribution in [-0.4, -0.2) is 31.0 Å². The van der Waals surface area contributed by atoms with Crippen LogP contribution in [0.5, 0.6) is 11.5 Å². The number of carbonyl (C=O) groups is 2. The van der Waals surface area contributed by atoms with Gasteiger partial charge in [-0.1, -0.05) is 41.9 Å². The van der Waals surface area contributed by atoms with E-state index in [2.05, 4.69) is 0 Å². The maximum Gasteiger partial charge on any atom is 0.300 e. The molecule has 0 aliphatic carbocycles. The van der Waals surface area contributed by atoms with E-state index in [0.717, 1.165) is 0 Å². The van der Waals surface area contributed by atoms with Gasteiger partial charge in [-0.05, 0) is 48.0 Å². The lowest BCUT2D eigenvalue weighted by Gasteiger charge is -2.25. The second-order valence-electron chi connectivity index (χ2n) is 7.12. The van der Waals surface area contributed by atoms with Gasteiger partial charge in [0.2, 0.25) is 0 Å². The van der Waals surface area contributed by atoms with Crippen molar-refractivity contribution in [1.29, 1.82) is 0 Å². The standard InChI is InChI=1S/C25H20ClNO5/c1-31-18-11-8-15(9-12-18)22-21(23(28)19-14-16(26)10-13-20(19)32-2)24(29)25(30)27(22)17-6-4-3-5-7-17/h3-14,22,28H,1-2H3/b23-21+. The second kappa shape index (κ2) is 8.77. The third-order valence-corrected chi connectivity index (χ3v) is 5.56. The van der Waals surface area contributed by atoms with Crippen LogP contribution in [-0.2, 0) is 9.59 Å². The fraction of sp³-hybridized carbons (Fsp3) is 0.120. The van der Waals surface area contributed by atoms with Gasteiger partial charge in [0.1, 0.15) is 17.3 Å². The SMILES string of the molecule is COc1ccc(C2/C(=C(\O)c3cc(Cl)ccc3OC)C(=O)C(=O)N2c2ccccc2)cc1. The van der Waals surface area contributed by atoms with Crippen molar-refractivity contribution in [3.63, 3.8) is 0 Å². The molecule has 1 heterocycles. The molecule has 0 radical (unpaired) electrons. The highest BCUT2D eigenvalue weighted by Gasteiger charge is 2.47. The average Bonchev–Trinajstić information content (AvgIpc) is 3.09. The van der Waals surface area contributed by atoms with E-state index in [9.17, 15) is 14.7 Å². The van der Waals surface area contributed by atoms with E-state index in [4.69, 9.17) is 21.1 Å². The molecule has 162 valence electrons. The molecule has 3 aromatic carbocycles. The highest BCUT2D eigenvalue weighted by atomic mass is 35.5. The summed E-state index contributed by atoms with van der Waals surface area (Å²) in [6.07, 6.45) is 0. The number of aliphatic hydroxyl groups is 1. The molecule has 3 aromatic rings. The largest absolute Gasteiger partial charge is 0.507 e. The lowest BCUT2D eigenvalue weighted by atomic mass is 9.94. The zero-order valence-electron chi connectivity index (χ0n) is 17.4. The number of methoxy groups -OCH3 is 2. The Morgan fingerprint density at radius 3 is 2.25 bits per heavy atom. The summed E-state index contributed by atoms with van der Waals surface area (Å²) < 4.78 is 10.6. The van der Waals surface area contributed by atoms with Gasteiger partial charge in [0.05, 0.1) is 31.4 Å². The van der Waals surface area contributed by atoms with Gasteiger partial charge in [0, 0.05) is 10.7 Å². The summed E-state index contributed by atoms with van der Waals surface area (Å²) in [6.45, 7) is 0. The van der Waals surface area contributed by atoms with E-state index in [0.29, 0.717) is 27.8 Å². The Morgan fingerprint density at radius 2 is 1.62 bits per heavy atom. The van der Waals surface area contributed by atoms with Gasteiger partial charge in [0.25, 0.3) is 11.7 Å². The van der Waals surface area contributed by atoms with Gasteiger partial charge in [-0.3, -0.25) is 14.5 Å². The summed E-state index contributed by atoms with van der Waals surface area (Å²) in [7, 11) is 3.00. The minimum Gasteiger partial charge on any atom is -0.507 e. The normalized spacial score (nSPS) is 17.5. The monoisotopic (exact) mass is 449 g/mol. The van der Waals surface area contributed by atoms with E-state index in [1.165, 1.54) is 18.1 Å². The molecule has 4 rings (SSSR count). The van der Waals surface area contributed by atoms with Crippen molar-refractivity contribution in [1.82, 2.24) is 0 Å². The van der Waals surface area contributed by atoms with Crippen LogP contribution in [0.2, 0.25) is 5.02 Å². The summed E-state index contributed by atoms with van der Waals surface area (Å²) >= 11 is 6.14. The Morgan fingerprint density at radius 1 is 0.938 bits per heavy atom. The topological polar surface area (TPSA) is 76.1 Å². The molecule has 7 heteroatoms. The number of halogens is 1. The van der Waals surface area contributed by atoms with Crippen LogP contribution in [0.3, 0.4) is 0 Å². The van der Waals surface area contributed by atoms with E-state index < -0.39 is 17.7 Å². The van der Waals surface area contributed by atoms with E-state index in [1.54, 1.807) is 67.8 Å². The number of ketones is 1. The lowest BCUT2D eigenvalue weighted by Crippen LogP contribution is -2.29. The number of rotatable bonds is 5. The minimum atomic E-state index is -0.855. The van der Waals surface area contributed by atoms with Gasteiger partial charge in [-0.25, -0.2) is 0 Å². The molecule has 1 aliphatic heterocycles. The third-order valence-electron chi connectivity index (χ3n) is 5.33. The first-order chi connectivity index (χ1) is 15.5. The highest BCUT2D eigenvalue weighted by Crippen LogP contribution is 2.43. The van der Waals surface area contributed by atoms with Crippen molar-refractivity contribution >= 4 is 34.7 Å². The first-order valence-electron chi connectivity index (χ1n) is 9.80. The third kappa shape index (κ3) is 3.69. The molecule has 32 heavy (non-hydrogen) atoms. The van der Waals surface area contributed by atoms with E-state index >= 15 is 0 Å². The maximum atomic E-state index is 13.2. The number of benzene rings is 3. The van der Waals surface area contributed by atoms with Crippen molar-refractivity contribution in [3.8, 4) is 11.5 Å². The van der Waals surface area contributed by atoms with Crippen LogP contribution in [0.4, 0.5) is 5.69 Å². The molecule has 0 spiro atoms. The van der Waals surface area contributed by atoms with Gasteiger partial charge in [-0.2, -0.15) is 0 Å². The summed E-state index contributed by atoms with van der Waals surface area (Å²) in [6, 6.07) is 19.7. The van der Waals surface area contributed by atoms with Crippen LogP contribution in [0.25, 0.3) is 5.76 Å². The van der Waals surface area contributed by atoms with E-state index in [-0.39, 0.29) is 16.9 Å². The number of nitrogens with zero attached hydrogens (tertiary/aromatic N) is 1. The summed E-state index contributed by atoms with van der Waals surface area (Å²) in [5, 5.41) is 11.6. The van der Waals surface area contributed by atoms with Crippen LogP contribution in [0.1, 0.15) is 17.2 Å². The van der Waals surface area contributed by atoms with Crippen molar-refractivity contribution in [2.75, 3.05) is 19.1 Å². The minimum absolute atomic E-state index is 0.0513. The van der Waals surface area contributed by atoms with Crippen molar-refractivity contribution in [2.24, 2.45) is 0 Å². The zero-order chi connectivity index (χ0) is 22.8. The molecule has 0 bridgehead atoms. The van der Waals surface area contributed by atoms with Crippen molar-refractivity contribution < 1.29 is 24.2 Å². The average molecular weight is 450 g/mol. The van der Waals surface area contributed by atoms with Gasteiger partial charge in [0.15, 0.2) is 0 Å². The quantitative estimate of drug-likeness (QED) is 0.337. The molecular weight excluding hydrogens is 430 g/mol. The molecule has 0 saturated carbocycles. The Kier molecular flexibility index (Phi) is 5.88. The lowest BCUT2D eigenvalue weighted by molar-refractivity contribution is -0.132. The molecule has 0 aromatic heterocycles. The first kappa shape index (κ1) is 21.5. The molecule has 1 atom stereocenters. The van der Waals surface area contributed by atoms with E-state index in [1.807, 2.05) is 6.07 Å². The molecule has 1 aliphatic rings. The molecule has 1 saturated heterocycles. The molecule has 1 N–H and O–H groups in total. The predicted octanol–water partition coefficient (Wildman–Crippen LogP) is 4.98. The Labute approximate surface area is 190 Å². The van der Waals surface area contributed by atoms with Crippen molar-refractivity contribution in [3.05, 3.63) is 94.5 Å². The summed E-state index contributed by atoms with van der Waals surface area (Å²) in [5.74, 6) is -0.941. The Hall–Kier alpha value is -3.77. The Bertz CT molecular complexity index is 1200. The Balaban J connectivity index is 1.97. The molecule has 6 nitrogen and oxygen atoms in total. The number of Topliss-reactive ketones (excluding diaryl/α,β-unsaturated/α-hetero) is 1. The van der Waals surface area contributed by atoms with Gasteiger partial charge in [-0.15, -0.1) is 0 Å². The van der Waals surface area contributed by atoms with Crippen LogP contribution < -0.4 is 14.4 Å². The molecule has 1 amide bonds. The summed E-state index contributed by atoms with van der Waals surface area (Å²) in [4.78, 5) is 27.7. The fourth-order valence-corrected chi connectivity index (χ4v) is 3.97. The molecule has 1 fully saturated rings. The van der Waals surface area contributed by atoms with Gasteiger partial charge >= 0.3 is 0 Å². The number of ether oxygens (including phenoxy) is 2. The fourth-order valence-electron chi connectivity index (χ4n) is 3.80. The smallest absolute Gasteiger partial charge is 0.300 e. The predicted molar refractivity (Wildman–Crippen MR) is 122 cm³/mol. The van der Waals surface area contributed by atoms with Gasteiger partial charge < -0.3 is 14.6 Å². The van der Waals surface area contributed by atoms with Crippen molar-refractivity contribution in [2.45, 2.75) is 6.04 Å². The maximum absolute atomic E-state index is 13.2. The molecular formula is C25H20ClNO5. The zero-order valence-corrected chi connectivity index (χ0v) is 18.2. The second-order valence-corrected chi connectivity index (χ2v) is 7.56. The van der Waals surface area contributed by atoms with Crippen LogP contribution >= 0.6 is 11.6 Å². The summed E-state index contributed by atoms with van der Waals surface area (Å²) in [5.41, 5.74) is 1.35. The van der Waals surface area contributed by atoms with Crippen LogP contribution in [0.15, 0.2) is 78.4 Å². The number of para-hydroxylation sites is 1. The number of aliphatic hydroxyl groups excluding tert-OH is 1. The number of hydrogen-bond acceptors (Lipinski definition) is 5. The number of hydrogen-bond donors (Lipinski definition) is 1. The molecule has 1 unspecified atom stereocenters. The first-order valence-corrected chi connectivity index (χ1v) is 10.2.